The van der Waals surface area contributed by atoms with Gasteiger partial charge in [0.15, 0.2) is 0 Å². The lowest BCUT2D eigenvalue weighted by atomic mass is 10.1. The van der Waals surface area contributed by atoms with Gasteiger partial charge in [0.25, 0.3) is 0 Å². The monoisotopic (exact) mass is 309 g/mol. The van der Waals surface area contributed by atoms with Crippen molar-refractivity contribution in [3.8, 4) is 0 Å². The van der Waals surface area contributed by atoms with E-state index in [0.717, 1.165) is 11.3 Å². The molecule has 1 aliphatic heterocycles. The van der Waals surface area contributed by atoms with E-state index in [1.54, 1.807) is 34.9 Å². The SMILES string of the molecule is O=C(O)CC1CSCCN1C(=O)C=Cc1ccc(F)cc1. The molecule has 1 fully saturated rings. The van der Waals surface area contributed by atoms with Gasteiger partial charge in [-0.1, -0.05) is 12.1 Å². The van der Waals surface area contributed by atoms with Gasteiger partial charge in [-0.05, 0) is 23.8 Å². The molecule has 1 amide bonds. The molecule has 0 bridgehead atoms. The van der Waals surface area contributed by atoms with Crippen LogP contribution in [0.4, 0.5) is 4.39 Å². The molecular weight excluding hydrogens is 293 g/mol. The molecule has 0 aromatic heterocycles. The Balaban J connectivity index is 2.03. The molecule has 1 aromatic rings. The lowest BCUT2D eigenvalue weighted by Crippen LogP contribution is -2.46. The highest BCUT2D eigenvalue weighted by Crippen LogP contribution is 2.19. The molecule has 112 valence electrons. The number of benzene rings is 1. The van der Waals surface area contributed by atoms with E-state index >= 15 is 0 Å². The van der Waals surface area contributed by atoms with E-state index in [0.29, 0.717) is 12.3 Å². The van der Waals surface area contributed by atoms with Gasteiger partial charge < -0.3 is 10.0 Å². The summed E-state index contributed by atoms with van der Waals surface area (Å²) in [6.45, 7) is 0.551. The third-order valence-corrected chi connectivity index (χ3v) is 4.30. The van der Waals surface area contributed by atoms with Crippen LogP contribution in [0.25, 0.3) is 6.08 Å². The zero-order valence-electron chi connectivity index (χ0n) is 11.4. The van der Waals surface area contributed by atoms with Gasteiger partial charge in [-0.2, -0.15) is 11.8 Å². The van der Waals surface area contributed by atoms with E-state index in [2.05, 4.69) is 0 Å². The fourth-order valence-electron chi connectivity index (χ4n) is 2.15. The van der Waals surface area contributed by atoms with E-state index in [9.17, 15) is 14.0 Å². The number of hydrogen-bond acceptors (Lipinski definition) is 3. The van der Waals surface area contributed by atoms with Crippen LogP contribution in [0.5, 0.6) is 0 Å². The maximum absolute atomic E-state index is 12.8. The lowest BCUT2D eigenvalue weighted by Gasteiger charge is -2.33. The predicted molar refractivity (Wildman–Crippen MR) is 80.5 cm³/mol. The van der Waals surface area contributed by atoms with Gasteiger partial charge in [-0.25, -0.2) is 4.39 Å². The fraction of sp³-hybridized carbons (Fsp3) is 0.333. The molecule has 1 aliphatic rings. The van der Waals surface area contributed by atoms with Crippen LogP contribution in [0.3, 0.4) is 0 Å². The normalized spacial score (nSPS) is 18.9. The summed E-state index contributed by atoms with van der Waals surface area (Å²) in [6, 6.07) is 5.55. The molecule has 1 heterocycles. The minimum absolute atomic E-state index is 0.0386. The van der Waals surface area contributed by atoms with Crippen molar-refractivity contribution in [2.75, 3.05) is 18.1 Å². The minimum Gasteiger partial charge on any atom is -0.481 e. The topological polar surface area (TPSA) is 57.6 Å². The van der Waals surface area contributed by atoms with Gasteiger partial charge in [0, 0.05) is 24.1 Å². The molecule has 1 atom stereocenters. The third-order valence-electron chi connectivity index (χ3n) is 3.21. The molecule has 0 spiro atoms. The van der Waals surface area contributed by atoms with Crippen LogP contribution in [0, 0.1) is 5.82 Å². The van der Waals surface area contributed by atoms with Gasteiger partial charge in [0.2, 0.25) is 5.91 Å². The highest BCUT2D eigenvalue weighted by Gasteiger charge is 2.27. The van der Waals surface area contributed by atoms with Crippen LogP contribution < -0.4 is 0 Å². The number of amides is 1. The molecule has 21 heavy (non-hydrogen) atoms. The summed E-state index contributed by atoms with van der Waals surface area (Å²) in [7, 11) is 0. The Kier molecular flexibility index (Phi) is 5.38. The van der Waals surface area contributed by atoms with Gasteiger partial charge in [-0.3, -0.25) is 9.59 Å². The van der Waals surface area contributed by atoms with E-state index in [-0.39, 0.29) is 24.2 Å². The Morgan fingerprint density at radius 3 is 2.76 bits per heavy atom. The smallest absolute Gasteiger partial charge is 0.305 e. The molecule has 0 radical (unpaired) electrons. The van der Waals surface area contributed by atoms with E-state index in [1.807, 2.05) is 0 Å². The second kappa shape index (κ2) is 7.26. The van der Waals surface area contributed by atoms with Crippen LogP contribution in [0.15, 0.2) is 30.3 Å². The number of hydrogen-bond donors (Lipinski definition) is 1. The van der Waals surface area contributed by atoms with Crippen molar-refractivity contribution in [2.45, 2.75) is 12.5 Å². The van der Waals surface area contributed by atoms with Crippen molar-refractivity contribution in [2.24, 2.45) is 0 Å². The maximum Gasteiger partial charge on any atom is 0.305 e. The van der Waals surface area contributed by atoms with Gasteiger partial charge in [-0.15, -0.1) is 0 Å². The Morgan fingerprint density at radius 2 is 2.10 bits per heavy atom. The summed E-state index contributed by atoms with van der Waals surface area (Å²) in [5, 5.41) is 8.90. The van der Waals surface area contributed by atoms with Crippen LogP contribution in [-0.4, -0.2) is 46.0 Å². The third kappa shape index (κ3) is 4.60. The first-order valence-electron chi connectivity index (χ1n) is 6.60. The molecular formula is C15H16FNO3S. The predicted octanol–water partition coefficient (Wildman–Crippen LogP) is 2.26. The Labute approximate surface area is 126 Å². The molecule has 0 saturated carbocycles. The van der Waals surface area contributed by atoms with Crippen molar-refractivity contribution < 1.29 is 19.1 Å². The van der Waals surface area contributed by atoms with E-state index in [4.69, 9.17) is 5.11 Å². The number of carbonyl (C=O) groups is 2. The molecule has 2 rings (SSSR count). The van der Waals surface area contributed by atoms with E-state index in [1.165, 1.54) is 18.2 Å². The highest BCUT2D eigenvalue weighted by molar-refractivity contribution is 7.99. The standard InChI is InChI=1S/C15H16FNO3S/c16-12-4-1-11(2-5-12)3-6-14(18)17-7-8-21-10-13(17)9-15(19)20/h1-6,13H,7-10H2,(H,19,20). The number of carboxylic acids is 1. The molecule has 1 aromatic carbocycles. The molecule has 1 saturated heterocycles. The summed E-state index contributed by atoms with van der Waals surface area (Å²) in [6.07, 6.45) is 2.99. The first-order chi connectivity index (χ1) is 10.1. The van der Waals surface area contributed by atoms with Crippen molar-refractivity contribution in [1.29, 1.82) is 0 Å². The molecule has 6 heteroatoms. The maximum atomic E-state index is 12.8. The molecule has 0 aliphatic carbocycles. The average Bonchev–Trinajstić information content (AvgIpc) is 2.46. The number of nitrogens with zero attached hydrogens (tertiary/aromatic N) is 1. The highest BCUT2D eigenvalue weighted by atomic mass is 32.2. The van der Waals surface area contributed by atoms with Crippen molar-refractivity contribution in [1.82, 2.24) is 4.90 Å². The largest absolute Gasteiger partial charge is 0.481 e. The molecule has 4 nitrogen and oxygen atoms in total. The van der Waals surface area contributed by atoms with Crippen LogP contribution in [0.2, 0.25) is 0 Å². The number of carboxylic acid groups (broad SMARTS) is 1. The quantitative estimate of drug-likeness (QED) is 0.867. The Bertz CT molecular complexity index is 544. The summed E-state index contributed by atoms with van der Waals surface area (Å²) >= 11 is 1.66. The van der Waals surface area contributed by atoms with Crippen LogP contribution in [0.1, 0.15) is 12.0 Å². The van der Waals surface area contributed by atoms with Gasteiger partial charge in [0.1, 0.15) is 5.82 Å². The summed E-state index contributed by atoms with van der Waals surface area (Å²) in [4.78, 5) is 24.6. The zero-order valence-corrected chi connectivity index (χ0v) is 12.2. The first kappa shape index (κ1) is 15.6. The number of aliphatic carboxylic acids is 1. The van der Waals surface area contributed by atoms with Crippen LogP contribution >= 0.6 is 11.8 Å². The minimum atomic E-state index is -0.900. The summed E-state index contributed by atoms with van der Waals surface area (Å²) in [5.41, 5.74) is 0.728. The fourth-order valence-corrected chi connectivity index (χ4v) is 3.22. The number of rotatable bonds is 4. The lowest BCUT2D eigenvalue weighted by molar-refractivity contribution is -0.139. The van der Waals surface area contributed by atoms with Gasteiger partial charge >= 0.3 is 5.97 Å². The number of halogens is 1. The first-order valence-corrected chi connectivity index (χ1v) is 7.75. The second-order valence-corrected chi connectivity index (χ2v) is 5.89. The number of thioether (sulfide) groups is 1. The van der Waals surface area contributed by atoms with Crippen molar-refractivity contribution >= 4 is 29.7 Å². The van der Waals surface area contributed by atoms with Crippen molar-refractivity contribution in [3.63, 3.8) is 0 Å². The average molecular weight is 309 g/mol. The molecule has 1 N–H and O–H groups in total. The summed E-state index contributed by atoms with van der Waals surface area (Å²) in [5.74, 6) is 0.0241. The van der Waals surface area contributed by atoms with Gasteiger partial charge in [0.05, 0.1) is 12.5 Å². The van der Waals surface area contributed by atoms with Crippen molar-refractivity contribution in [3.05, 3.63) is 41.7 Å². The number of carbonyl (C=O) groups excluding carboxylic acids is 1. The van der Waals surface area contributed by atoms with Crippen LogP contribution in [-0.2, 0) is 9.59 Å². The van der Waals surface area contributed by atoms with E-state index < -0.39 is 5.97 Å². The Hall–Kier alpha value is -1.82. The zero-order chi connectivity index (χ0) is 15.2. The molecule has 1 unspecified atom stereocenters. The Morgan fingerprint density at radius 1 is 1.38 bits per heavy atom. The second-order valence-electron chi connectivity index (χ2n) is 4.74. The summed E-state index contributed by atoms with van der Waals surface area (Å²) < 4.78 is 12.8.